The number of hydrogen-bond acceptors (Lipinski definition) is 6. The first-order chi connectivity index (χ1) is 16.5. The number of aryl methyl sites for hydroxylation is 1. The lowest BCUT2D eigenvalue weighted by Crippen LogP contribution is -2.38. The van der Waals surface area contributed by atoms with Gasteiger partial charge in [0.05, 0.1) is 24.2 Å². The highest BCUT2D eigenvalue weighted by Crippen LogP contribution is 2.39. The van der Waals surface area contributed by atoms with Crippen molar-refractivity contribution in [3.63, 3.8) is 0 Å². The Hall–Kier alpha value is -3.14. The summed E-state index contributed by atoms with van der Waals surface area (Å²) in [4.78, 5) is 10.3. The molecule has 3 aromatic rings. The molecular weight excluding hydrogens is 479 g/mol. The summed E-state index contributed by atoms with van der Waals surface area (Å²) >= 11 is 0. The van der Waals surface area contributed by atoms with Gasteiger partial charge in [0, 0.05) is 24.3 Å². The zero-order chi connectivity index (χ0) is 25.3. The standard InChI is InChI=1S/C25H26F3N3O3S/c1-15(2)31-7-8-34-25-20(27)12-18(13-22(25)31)24-21(28)14-29-23(30-24)11-16-4-5-17(19(26)10-16)6-9-35(3,32)33/h4-5,10,12-15H,6-9,11H2,1-3H3. The molecule has 186 valence electrons. The summed E-state index contributed by atoms with van der Waals surface area (Å²) in [6.07, 6.45) is 2.31. The first kappa shape index (κ1) is 25.0. The zero-order valence-electron chi connectivity index (χ0n) is 19.7. The molecule has 0 saturated carbocycles. The molecule has 0 spiro atoms. The van der Waals surface area contributed by atoms with Gasteiger partial charge < -0.3 is 9.64 Å². The van der Waals surface area contributed by atoms with Gasteiger partial charge in [-0.25, -0.2) is 31.6 Å². The molecule has 1 aliphatic rings. The Morgan fingerprint density at radius 1 is 1.09 bits per heavy atom. The molecule has 0 fully saturated rings. The van der Waals surface area contributed by atoms with Crippen LogP contribution in [0.5, 0.6) is 5.75 Å². The molecule has 0 radical (unpaired) electrons. The molecule has 2 heterocycles. The van der Waals surface area contributed by atoms with E-state index in [9.17, 15) is 21.6 Å². The van der Waals surface area contributed by atoms with E-state index in [2.05, 4.69) is 9.97 Å². The summed E-state index contributed by atoms with van der Waals surface area (Å²) in [5.74, 6) is -1.62. The topological polar surface area (TPSA) is 72.4 Å². The molecule has 0 aliphatic carbocycles. The number of aromatic nitrogens is 2. The van der Waals surface area contributed by atoms with Gasteiger partial charge in [-0.05, 0) is 49.6 Å². The smallest absolute Gasteiger partial charge is 0.178 e. The summed E-state index contributed by atoms with van der Waals surface area (Å²) < 4.78 is 72.3. The van der Waals surface area contributed by atoms with Crippen molar-refractivity contribution in [3.8, 4) is 17.0 Å². The molecule has 2 aromatic carbocycles. The molecule has 4 rings (SSSR count). The molecule has 1 aliphatic heterocycles. The Morgan fingerprint density at radius 2 is 1.86 bits per heavy atom. The molecule has 0 unspecified atom stereocenters. The van der Waals surface area contributed by atoms with Crippen molar-refractivity contribution in [2.75, 3.05) is 30.1 Å². The molecule has 6 nitrogen and oxygen atoms in total. The molecule has 0 saturated heterocycles. The minimum absolute atomic E-state index is 0.0591. The summed E-state index contributed by atoms with van der Waals surface area (Å²) in [6.45, 7) is 4.90. The number of hydrogen-bond donors (Lipinski definition) is 0. The Balaban J connectivity index is 1.62. The van der Waals surface area contributed by atoms with Crippen LogP contribution in [0.25, 0.3) is 11.3 Å². The van der Waals surface area contributed by atoms with Crippen LogP contribution in [0.4, 0.5) is 18.9 Å². The highest BCUT2D eigenvalue weighted by atomic mass is 32.2. The summed E-state index contributed by atoms with van der Waals surface area (Å²) in [7, 11) is -3.21. The second kappa shape index (κ2) is 9.85. The summed E-state index contributed by atoms with van der Waals surface area (Å²) in [5, 5.41) is 0. The van der Waals surface area contributed by atoms with Crippen LogP contribution in [0.3, 0.4) is 0 Å². The number of fused-ring (bicyclic) bond motifs is 1. The van der Waals surface area contributed by atoms with Crippen LogP contribution in [0.15, 0.2) is 36.5 Å². The molecule has 1 aromatic heterocycles. The number of halogens is 3. The number of nitrogens with zero attached hydrogens (tertiary/aromatic N) is 3. The van der Waals surface area contributed by atoms with E-state index in [1.54, 1.807) is 12.1 Å². The maximum Gasteiger partial charge on any atom is 0.178 e. The largest absolute Gasteiger partial charge is 0.486 e. The van der Waals surface area contributed by atoms with E-state index in [0.29, 0.717) is 30.0 Å². The average molecular weight is 506 g/mol. The van der Waals surface area contributed by atoms with Gasteiger partial charge in [0.1, 0.15) is 33.8 Å². The fraction of sp³-hybridized carbons (Fsp3) is 0.360. The van der Waals surface area contributed by atoms with Crippen LogP contribution in [-0.4, -0.2) is 49.6 Å². The fourth-order valence-corrected chi connectivity index (χ4v) is 4.64. The first-order valence-corrected chi connectivity index (χ1v) is 13.3. The monoisotopic (exact) mass is 505 g/mol. The average Bonchev–Trinajstić information content (AvgIpc) is 2.78. The van der Waals surface area contributed by atoms with Crippen molar-refractivity contribution in [2.45, 2.75) is 32.7 Å². The summed E-state index contributed by atoms with van der Waals surface area (Å²) in [5.41, 5.74) is 1.56. The Bertz CT molecular complexity index is 1360. The van der Waals surface area contributed by atoms with Gasteiger partial charge in [0.15, 0.2) is 17.4 Å². The van der Waals surface area contributed by atoms with Crippen LogP contribution in [0.2, 0.25) is 0 Å². The predicted molar refractivity (Wildman–Crippen MR) is 128 cm³/mol. The van der Waals surface area contributed by atoms with Crippen LogP contribution in [0.1, 0.15) is 30.8 Å². The summed E-state index contributed by atoms with van der Waals surface area (Å²) in [6, 6.07) is 7.41. The highest BCUT2D eigenvalue weighted by molar-refractivity contribution is 7.90. The Morgan fingerprint density at radius 3 is 2.54 bits per heavy atom. The lowest BCUT2D eigenvalue weighted by atomic mass is 10.1. The second-order valence-electron chi connectivity index (χ2n) is 8.91. The van der Waals surface area contributed by atoms with E-state index >= 15 is 0 Å². The van der Waals surface area contributed by atoms with E-state index in [1.807, 2.05) is 18.7 Å². The van der Waals surface area contributed by atoms with Crippen molar-refractivity contribution in [3.05, 3.63) is 70.9 Å². The maximum absolute atomic E-state index is 14.9. The molecule has 0 N–H and O–H groups in total. The van der Waals surface area contributed by atoms with Crippen molar-refractivity contribution in [2.24, 2.45) is 0 Å². The molecule has 0 bridgehead atoms. The Labute approximate surface area is 202 Å². The van der Waals surface area contributed by atoms with E-state index in [1.165, 1.54) is 18.2 Å². The maximum atomic E-state index is 14.9. The Kier molecular flexibility index (Phi) is 7.02. The third kappa shape index (κ3) is 5.75. The van der Waals surface area contributed by atoms with Gasteiger partial charge in [-0.2, -0.15) is 0 Å². The van der Waals surface area contributed by atoms with Gasteiger partial charge in [0.2, 0.25) is 0 Å². The van der Waals surface area contributed by atoms with Gasteiger partial charge in [0.25, 0.3) is 0 Å². The van der Waals surface area contributed by atoms with Crippen LogP contribution in [0, 0.1) is 17.5 Å². The number of rotatable bonds is 7. The zero-order valence-corrected chi connectivity index (χ0v) is 20.5. The third-order valence-electron chi connectivity index (χ3n) is 5.82. The first-order valence-electron chi connectivity index (χ1n) is 11.2. The van der Waals surface area contributed by atoms with Crippen LogP contribution >= 0.6 is 0 Å². The number of sulfone groups is 1. The second-order valence-corrected chi connectivity index (χ2v) is 11.2. The SMILES string of the molecule is CC(C)N1CCOc2c(F)cc(-c3nc(Cc4ccc(CCS(C)(=O)=O)c(F)c4)ncc3F)cc21. The number of anilines is 1. The van der Waals surface area contributed by atoms with Gasteiger partial charge in [-0.1, -0.05) is 12.1 Å². The molecule has 0 amide bonds. The van der Waals surface area contributed by atoms with Crippen molar-refractivity contribution in [1.82, 2.24) is 9.97 Å². The van der Waals surface area contributed by atoms with Crippen LogP contribution in [-0.2, 0) is 22.7 Å². The van der Waals surface area contributed by atoms with Crippen molar-refractivity contribution < 1.29 is 26.3 Å². The lowest BCUT2D eigenvalue weighted by molar-refractivity contribution is 0.287. The van der Waals surface area contributed by atoms with Gasteiger partial charge in [-0.3, -0.25) is 0 Å². The lowest BCUT2D eigenvalue weighted by Gasteiger charge is -2.34. The van der Waals surface area contributed by atoms with E-state index in [0.717, 1.165) is 12.5 Å². The van der Waals surface area contributed by atoms with E-state index in [4.69, 9.17) is 4.74 Å². The van der Waals surface area contributed by atoms with Crippen molar-refractivity contribution >= 4 is 15.5 Å². The number of benzene rings is 2. The molecular formula is C25H26F3N3O3S. The fourth-order valence-electron chi connectivity index (χ4n) is 4.05. The highest BCUT2D eigenvalue weighted by Gasteiger charge is 2.25. The van der Waals surface area contributed by atoms with E-state index in [-0.39, 0.29) is 47.5 Å². The van der Waals surface area contributed by atoms with Gasteiger partial charge in [-0.15, -0.1) is 0 Å². The predicted octanol–water partition coefficient (Wildman–Crippen LogP) is 4.35. The third-order valence-corrected chi connectivity index (χ3v) is 6.77. The molecule has 10 heteroatoms. The molecule has 0 atom stereocenters. The molecule has 35 heavy (non-hydrogen) atoms. The van der Waals surface area contributed by atoms with E-state index < -0.39 is 27.3 Å². The minimum Gasteiger partial charge on any atom is -0.486 e. The minimum atomic E-state index is -3.21. The van der Waals surface area contributed by atoms with Crippen molar-refractivity contribution in [1.29, 1.82) is 0 Å². The van der Waals surface area contributed by atoms with Gasteiger partial charge >= 0.3 is 0 Å². The normalized spacial score (nSPS) is 13.6. The number of ether oxygens (including phenoxy) is 1. The quantitative estimate of drug-likeness (QED) is 0.476. The van der Waals surface area contributed by atoms with Crippen LogP contribution < -0.4 is 9.64 Å².